The van der Waals surface area contributed by atoms with E-state index in [9.17, 15) is 25.2 Å². The second kappa shape index (κ2) is 12.7. The summed E-state index contributed by atoms with van der Waals surface area (Å²) in [4.78, 5) is 12.3. The standard InChI is InChI=1S/C21H42N6O9/c22-4-3-12(28)18(32)27-11-5-15(26)21(6-13(11)29,35-19-10(25)2-1-9(7-23)33-19)36-20-17(31)16(30)14(8-24)34-20/h9-17,19-20,28-31H,1-8,22-26H2,(H,27,32). The molecule has 12 atom stereocenters. The van der Waals surface area contributed by atoms with Crippen LogP contribution in [0.5, 0.6) is 0 Å². The van der Waals surface area contributed by atoms with E-state index in [2.05, 4.69) is 5.32 Å². The van der Waals surface area contributed by atoms with Crippen LogP contribution in [0, 0.1) is 0 Å². The van der Waals surface area contributed by atoms with Crippen molar-refractivity contribution < 1.29 is 44.2 Å². The summed E-state index contributed by atoms with van der Waals surface area (Å²) < 4.78 is 23.7. The van der Waals surface area contributed by atoms with E-state index in [-0.39, 0.29) is 45.0 Å². The Kier molecular flexibility index (Phi) is 10.4. The maximum absolute atomic E-state index is 12.3. The number of nitrogens with two attached hydrogens (primary N) is 5. The zero-order valence-corrected chi connectivity index (χ0v) is 20.2. The molecule has 0 bridgehead atoms. The average molecular weight is 523 g/mol. The SMILES string of the molecule is NCCC(O)C(=O)NC1CC(N)C(OC2OC(CN)CCC2N)(OC2OC(CN)C(O)C2O)CC1O. The Morgan fingerprint density at radius 1 is 1.03 bits per heavy atom. The highest BCUT2D eigenvalue weighted by Gasteiger charge is 2.55. The zero-order valence-electron chi connectivity index (χ0n) is 20.2. The van der Waals surface area contributed by atoms with Gasteiger partial charge in [-0.15, -0.1) is 0 Å². The lowest BCUT2D eigenvalue weighted by Gasteiger charge is -2.50. The van der Waals surface area contributed by atoms with Crippen LogP contribution in [-0.4, -0.2) is 119 Å². The fourth-order valence-electron chi connectivity index (χ4n) is 4.78. The summed E-state index contributed by atoms with van der Waals surface area (Å²) >= 11 is 0. The number of nitrogens with one attached hydrogen (secondary N) is 1. The van der Waals surface area contributed by atoms with Crippen LogP contribution in [0.1, 0.15) is 32.1 Å². The molecular formula is C21H42N6O9. The number of rotatable bonds is 10. The molecule has 0 aromatic carbocycles. The predicted octanol–water partition coefficient (Wildman–Crippen LogP) is -5.41. The summed E-state index contributed by atoms with van der Waals surface area (Å²) in [5.41, 5.74) is 29.5. The minimum Gasteiger partial charge on any atom is -0.391 e. The van der Waals surface area contributed by atoms with Crippen molar-refractivity contribution in [3.63, 3.8) is 0 Å². The lowest BCUT2D eigenvalue weighted by atomic mass is 9.83. The van der Waals surface area contributed by atoms with E-state index in [4.69, 9.17) is 47.6 Å². The number of amides is 1. The van der Waals surface area contributed by atoms with E-state index in [1.54, 1.807) is 0 Å². The highest BCUT2D eigenvalue weighted by atomic mass is 16.8. The van der Waals surface area contributed by atoms with Crippen molar-refractivity contribution in [3.8, 4) is 0 Å². The van der Waals surface area contributed by atoms with Crippen LogP contribution in [0.15, 0.2) is 0 Å². The predicted molar refractivity (Wildman–Crippen MR) is 124 cm³/mol. The van der Waals surface area contributed by atoms with Crippen molar-refractivity contribution >= 4 is 5.91 Å². The van der Waals surface area contributed by atoms with Gasteiger partial charge in [-0.1, -0.05) is 0 Å². The van der Waals surface area contributed by atoms with Crippen molar-refractivity contribution in [2.24, 2.45) is 28.7 Å². The summed E-state index contributed by atoms with van der Waals surface area (Å²) in [6, 6.07) is -2.38. The molecule has 15 N–H and O–H groups in total. The smallest absolute Gasteiger partial charge is 0.249 e. The van der Waals surface area contributed by atoms with E-state index in [0.29, 0.717) is 12.8 Å². The molecule has 1 aliphatic carbocycles. The summed E-state index contributed by atoms with van der Waals surface area (Å²) in [6.45, 7) is 0.273. The van der Waals surface area contributed by atoms with E-state index in [0.717, 1.165) is 0 Å². The number of ether oxygens (including phenoxy) is 4. The van der Waals surface area contributed by atoms with Crippen molar-refractivity contribution in [1.29, 1.82) is 0 Å². The maximum atomic E-state index is 12.3. The van der Waals surface area contributed by atoms with Gasteiger partial charge in [0.05, 0.1) is 30.3 Å². The Hall–Kier alpha value is -1.05. The maximum Gasteiger partial charge on any atom is 0.249 e. The quantitative estimate of drug-likeness (QED) is 0.120. The molecule has 0 spiro atoms. The lowest BCUT2D eigenvalue weighted by molar-refractivity contribution is -0.386. The van der Waals surface area contributed by atoms with E-state index < -0.39 is 72.9 Å². The first-order chi connectivity index (χ1) is 17.0. The van der Waals surface area contributed by atoms with Crippen molar-refractivity contribution in [1.82, 2.24) is 5.32 Å². The number of aliphatic hydroxyl groups is 4. The zero-order chi connectivity index (χ0) is 26.6. The van der Waals surface area contributed by atoms with Gasteiger partial charge in [-0.25, -0.2) is 0 Å². The molecular weight excluding hydrogens is 480 g/mol. The third-order valence-corrected chi connectivity index (χ3v) is 7.04. The van der Waals surface area contributed by atoms with Gasteiger partial charge in [-0.3, -0.25) is 4.79 Å². The fourth-order valence-corrected chi connectivity index (χ4v) is 4.78. The van der Waals surface area contributed by atoms with Crippen LogP contribution in [0.3, 0.4) is 0 Å². The molecule has 3 aliphatic rings. The van der Waals surface area contributed by atoms with Crippen LogP contribution in [0.2, 0.25) is 0 Å². The minimum atomic E-state index is -1.79. The van der Waals surface area contributed by atoms with Crippen LogP contribution < -0.4 is 34.0 Å². The number of hydrogen-bond donors (Lipinski definition) is 10. The molecule has 0 radical (unpaired) electrons. The monoisotopic (exact) mass is 522 g/mol. The Morgan fingerprint density at radius 2 is 1.72 bits per heavy atom. The van der Waals surface area contributed by atoms with Crippen molar-refractivity contribution in [2.45, 2.75) is 105 Å². The largest absolute Gasteiger partial charge is 0.391 e. The van der Waals surface area contributed by atoms with Gasteiger partial charge in [0.2, 0.25) is 5.91 Å². The molecule has 2 heterocycles. The Morgan fingerprint density at radius 3 is 2.33 bits per heavy atom. The molecule has 3 rings (SSSR count). The van der Waals surface area contributed by atoms with Gasteiger partial charge < -0.3 is 73.4 Å². The van der Waals surface area contributed by atoms with Crippen LogP contribution in [0.25, 0.3) is 0 Å². The number of carbonyl (C=O) groups excluding carboxylic acids is 1. The Bertz CT molecular complexity index is 717. The molecule has 36 heavy (non-hydrogen) atoms. The molecule has 12 unspecified atom stereocenters. The summed E-state index contributed by atoms with van der Waals surface area (Å²) in [5.74, 6) is -2.48. The second-order valence-corrected chi connectivity index (χ2v) is 9.73. The van der Waals surface area contributed by atoms with Crippen LogP contribution in [-0.2, 0) is 23.7 Å². The number of aliphatic hydroxyl groups excluding tert-OH is 4. The van der Waals surface area contributed by atoms with Gasteiger partial charge >= 0.3 is 0 Å². The molecule has 3 fully saturated rings. The second-order valence-electron chi connectivity index (χ2n) is 9.73. The first-order valence-corrected chi connectivity index (χ1v) is 12.4. The third-order valence-electron chi connectivity index (χ3n) is 7.04. The molecule has 2 saturated heterocycles. The van der Waals surface area contributed by atoms with Crippen molar-refractivity contribution in [2.75, 3.05) is 19.6 Å². The third kappa shape index (κ3) is 6.50. The lowest BCUT2D eigenvalue weighted by Crippen LogP contribution is -2.67. The Labute approximate surface area is 209 Å². The van der Waals surface area contributed by atoms with Gasteiger partial charge in [0, 0.05) is 19.5 Å². The average Bonchev–Trinajstić information content (AvgIpc) is 3.11. The van der Waals surface area contributed by atoms with Gasteiger partial charge in [0.15, 0.2) is 18.4 Å². The van der Waals surface area contributed by atoms with Crippen LogP contribution in [0.4, 0.5) is 0 Å². The summed E-state index contributed by atoms with van der Waals surface area (Å²) in [6.07, 6.45) is -8.02. The molecule has 1 saturated carbocycles. The van der Waals surface area contributed by atoms with Crippen LogP contribution >= 0.6 is 0 Å². The molecule has 15 nitrogen and oxygen atoms in total. The van der Waals surface area contributed by atoms with Crippen molar-refractivity contribution in [3.05, 3.63) is 0 Å². The summed E-state index contributed by atoms with van der Waals surface area (Å²) in [5, 5.41) is 44.2. The normalized spacial score (nSPS) is 44.4. The summed E-state index contributed by atoms with van der Waals surface area (Å²) in [7, 11) is 0. The molecule has 2 aliphatic heterocycles. The van der Waals surface area contributed by atoms with Gasteiger partial charge in [-0.2, -0.15) is 0 Å². The highest BCUT2D eigenvalue weighted by molar-refractivity contribution is 5.80. The van der Waals surface area contributed by atoms with Gasteiger partial charge in [0.1, 0.15) is 24.4 Å². The fraction of sp³-hybridized carbons (Fsp3) is 0.952. The number of carbonyl (C=O) groups is 1. The topological polar surface area (TPSA) is 277 Å². The molecule has 210 valence electrons. The molecule has 0 aromatic rings. The van der Waals surface area contributed by atoms with E-state index >= 15 is 0 Å². The first kappa shape index (κ1) is 29.5. The minimum absolute atomic E-state index is 0.0315. The van der Waals surface area contributed by atoms with Gasteiger partial charge in [0.25, 0.3) is 0 Å². The Balaban J connectivity index is 1.82. The first-order valence-electron chi connectivity index (χ1n) is 12.4. The van der Waals surface area contributed by atoms with Gasteiger partial charge in [-0.05, 0) is 32.2 Å². The molecule has 1 amide bonds. The molecule has 0 aromatic heterocycles. The highest BCUT2D eigenvalue weighted by Crippen LogP contribution is 2.39. The van der Waals surface area contributed by atoms with E-state index in [1.807, 2.05) is 0 Å². The number of hydrogen-bond acceptors (Lipinski definition) is 14. The van der Waals surface area contributed by atoms with E-state index in [1.165, 1.54) is 0 Å². The molecule has 15 heteroatoms.